The summed E-state index contributed by atoms with van der Waals surface area (Å²) in [6.45, 7) is 2.14. The summed E-state index contributed by atoms with van der Waals surface area (Å²) in [6, 6.07) is 0. The normalized spacial score (nSPS) is 14.3. The van der Waals surface area contributed by atoms with Gasteiger partial charge < -0.3 is 24.6 Å². The maximum Gasteiger partial charge on any atom is 0.472 e. The number of phosphoric acid groups is 1. The molecular weight excluding hydrogens is 719 g/mol. The number of rotatable bonds is 40. The highest BCUT2D eigenvalue weighted by molar-refractivity contribution is 7.47. The smallest absolute Gasteiger partial charge is 0.457 e. The summed E-state index contributed by atoms with van der Waals surface area (Å²) in [4.78, 5) is 34.5. The van der Waals surface area contributed by atoms with Crippen molar-refractivity contribution < 1.29 is 47.8 Å². The van der Waals surface area contributed by atoms with Gasteiger partial charge in [0.25, 0.3) is 0 Å². The Morgan fingerprint density at radius 1 is 0.491 bits per heavy atom. The largest absolute Gasteiger partial charge is 0.472 e. The van der Waals surface area contributed by atoms with Gasteiger partial charge in [-0.25, -0.2) is 4.57 Å². The number of aliphatic hydroxyl groups excluding tert-OH is 2. The molecule has 11 heteroatoms. The van der Waals surface area contributed by atoms with E-state index >= 15 is 0 Å². The lowest BCUT2D eigenvalue weighted by Crippen LogP contribution is -2.28. The van der Waals surface area contributed by atoms with Crippen LogP contribution >= 0.6 is 7.82 Å². The van der Waals surface area contributed by atoms with E-state index in [2.05, 4.69) is 62.5 Å². The Bertz CT molecular complexity index is 979. The van der Waals surface area contributed by atoms with Gasteiger partial charge in [0.1, 0.15) is 12.2 Å². The Labute approximate surface area is 334 Å². The molecule has 3 N–H and O–H groups in total. The van der Waals surface area contributed by atoms with Crippen molar-refractivity contribution in [3.8, 4) is 0 Å². The van der Waals surface area contributed by atoms with Crippen molar-refractivity contribution in [1.29, 1.82) is 0 Å². The summed E-state index contributed by atoms with van der Waals surface area (Å²) >= 11 is 0. The van der Waals surface area contributed by atoms with E-state index in [4.69, 9.17) is 18.5 Å². The molecule has 0 amide bonds. The quantitative estimate of drug-likeness (QED) is 0.0237. The third-order valence-corrected chi connectivity index (χ3v) is 9.96. The van der Waals surface area contributed by atoms with Gasteiger partial charge in [0.2, 0.25) is 0 Å². The highest BCUT2D eigenvalue weighted by atomic mass is 31.2. The topological polar surface area (TPSA) is 149 Å². The lowest BCUT2D eigenvalue weighted by Gasteiger charge is -2.20. The van der Waals surface area contributed by atoms with Crippen molar-refractivity contribution in [1.82, 2.24) is 0 Å². The van der Waals surface area contributed by atoms with Crippen LogP contribution in [0.5, 0.6) is 0 Å². The Kier molecular flexibility index (Phi) is 38.6. The monoisotopic (exact) mass is 799 g/mol. The second kappa shape index (κ2) is 40.1. The van der Waals surface area contributed by atoms with Crippen LogP contribution < -0.4 is 0 Å². The molecule has 0 bridgehead atoms. The van der Waals surface area contributed by atoms with E-state index in [9.17, 15) is 29.3 Å². The SMILES string of the molecule is CCCCCC/C=C\C/C=C\CCCCCCCC(=O)OC(CO)COP(=O)(O)OCC(CO)OC(=O)CCCCCCC/C=C\C/C=C\CCCCCC. The van der Waals surface area contributed by atoms with Crippen molar-refractivity contribution >= 4 is 19.8 Å². The molecule has 0 aromatic rings. The van der Waals surface area contributed by atoms with Crippen LogP contribution in [-0.4, -0.2) is 65.7 Å². The first-order valence-electron chi connectivity index (χ1n) is 21.6. The summed E-state index contributed by atoms with van der Waals surface area (Å²) in [5.74, 6) is -1.05. The number of ether oxygens (including phenoxy) is 2. The van der Waals surface area contributed by atoms with E-state index in [0.29, 0.717) is 12.8 Å². The van der Waals surface area contributed by atoms with E-state index in [1.807, 2.05) is 0 Å². The number of carbonyl (C=O) groups excluding carboxylic acids is 2. The van der Waals surface area contributed by atoms with Crippen molar-refractivity contribution in [3.63, 3.8) is 0 Å². The highest BCUT2D eigenvalue weighted by Gasteiger charge is 2.27. The number of hydrogen-bond acceptors (Lipinski definition) is 9. The van der Waals surface area contributed by atoms with Gasteiger partial charge in [0.15, 0.2) is 0 Å². The molecule has 0 spiro atoms. The zero-order valence-electron chi connectivity index (χ0n) is 34.6. The highest BCUT2D eigenvalue weighted by Crippen LogP contribution is 2.43. The Hall–Kier alpha value is -2.07. The standard InChI is InChI=1S/C44H79O10P/c1-3-5-7-9-11-13-15-17-19-21-23-25-27-29-31-33-35-43(47)53-41(37-45)39-51-55(49,50)52-40-42(38-46)54-44(48)36-34-32-30-28-26-24-22-20-18-16-14-12-10-8-6-4-2/h13-16,19-22,41-42,45-46H,3-12,17-18,23-40H2,1-2H3,(H,49,50)/b15-13-,16-14-,21-19-,22-20-. The third kappa shape index (κ3) is 38.6. The van der Waals surface area contributed by atoms with Gasteiger partial charge in [-0.2, -0.15) is 0 Å². The minimum atomic E-state index is -4.64. The first-order chi connectivity index (χ1) is 26.8. The van der Waals surface area contributed by atoms with E-state index in [1.54, 1.807) is 0 Å². The Balaban J connectivity index is 3.98. The number of phosphoric ester groups is 1. The fraction of sp³-hybridized carbons (Fsp3) is 0.773. The third-order valence-electron chi connectivity index (χ3n) is 9.01. The van der Waals surface area contributed by atoms with Crippen molar-refractivity contribution in [2.75, 3.05) is 26.4 Å². The first-order valence-corrected chi connectivity index (χ1v) is 23.1. The van der Waals surface area contributed by atoms with Crippen LogP contribution in [0.25, 0.3) is 0 Å². The molecule has 0 aromatic heterocycles. The lowest BCUT2D eigenvalue weighted by atomic mass is 10.1. The number of unbranched alkanes of at least 4 members (excludes halogenated alkanes) is 18. The van der Waals surface area contributed by atoms with Crippen LogP contribution in [0.3, 0.4) is 0 Å². The minimum Gasteiger partial charge on any atom is -0.457 e. The fourth-order valence-corrected chi connectivity index (χ4v) is 6.43. The zero-order chi connectivity index (χ0) is 40.5. The van der Waals surface area contributed by atoms with E-state index in [1.165, 1.54) is 64.2 Å². The Morgan fingerprint density at radius 3 is 1.13 bits per heavy atom. The predicted octanol–water partition coefficient (Wildman–Crippen LogP) is 11.3. The van der Waals surface area contributed by atoms with Gasteiger partial charge in [-0.15, -0.1) is 0 Å². The molecule has 0 aliphatic carbocycles. The molecule has 0 rings (SSSR count). The second-order valence-electron chi connectivity index (χ2n) is 14.3. The second-order valence-corrected chi connectivity index (χ2v) is 15.8. The van der Waals surface area contributed by atoms with Crippen molar-refractivity contribution in [2.24, 2.45) is 0 Å². The molecule has 0 fully saturated rings. The van der Waals surface area contributed by atoms with Crippen LogP contribution in [0.2, 0.25) is 0 Å². The van der Waals surface area contributed by atoms with Crippen molar-refractivity contribution in [2.45, 2.75) is 193 Å². The molecule has 0 heterocycles. The maximum atomic E-state index is 12.4. The summed E-state index contributed by atoms with van der Waals surface area (Å²) in [6.07, 6.45) is 42.2. The number of allylic oxidation sites excluding steroid dienone is 8. The van der Waals surface area contributed by atoms with Crippen LogP contribution in [0.1, 0.15) is 181 Å². The first kappa shape index (κ1) is 52.9. The van der Waals surface area contributed by atoms with Gasteiger partial charge >= 0.3 is 19.8 Å². The molecule has 0 saturated heterocycles. The average Bonchev–Trinajstić information content (AvgIpc) is 3.17. The van der Waals surface area contributed by atoms with Gasteiger partial charge in [-0.1, -0.05) is 140 Å². The number of aliphatic hydroxyl groups is 2. The van der Waals surface area contributed by atoms with Crippen LogP contribution in [0, 0.1) is 0 Å². The Morgan fingerprint density at radius 2 is 0.800 bits per heavy atom. The van der Waals surface area contributed by atoms with Gasteiger partial charge in [-0.05, 0) is 77.0 Å². The summed E-state index contributed by atoms with van der Waals surface area (Å²) in [7, 11) is -4.64. The molecule has 0 aliphatic rings. The summed E-state index contributed by atoms with van der Waals surface area (Å²) in [5, 5.41) is 19.2. The number of hydrogen-bond donors (Lipinski definition) is 3. The van der Waals surface area contributed by atoms with Crippen LogP contribution in [0.15, 0.2) is 48.6 Å². The van der Waals surface area contributed by atoms with Crippen molar-refractivity contribution in [3.05, 3.63) is 48.6 Å². The fourth-order valence-electron chi connectivity index (χ4n) is 5.64. The zero-order valence-corrected chi connectivity index (χ0v) is 35.5. The van der Waals surface area contributed by atoms with Crippen LogP contribution in [-0.2, 0) is 32.7 Å². The molecule has 55 heavy (non-hydrogen) atoms. The molecule has 0 radical (unpaired) electrons. The van der Waals surface area contributed by atoms with Gasteiger partial charge in [0, 0.05) is 12.8 Å². The number of carbonyl (C=O) groups is 2. The van der Waals surface area contributed by atoms with E-state index in [0.717, 1.165) is 77.0 Å². The average molecular weight is 799 g/mol. The summed E-state index contributed by atoms with van der Waals surface area (Å²) < 4.78 is 32.5. The predicted molar refractivity (Wildman–Crippen MR) is 224 cm³/mol. The molecule has 0 aliphatic heterocycles. The minimum absolute atomic E-state index is 0.174. The summed E-state index contributed by atoms with van der Waals surface area (Å²) in [5.41, 5.74) is 0. The number of esters is 2. The van der Waals surface area contributed by atoms with Gasteiger partial charge in [0.05, 0.1) is 26.4 Å². The lowest BCUT2D eigenvalue weighted by molar-refractivity contribution is -0.153. The van der Waals surface area contributed by atoms with E-state index in [-0.39, 0.29) is 12.8 Å². The molecule has 320 valence electrons. The molecule has 0 aromatic carbocycles. The van der Waals surface area contributed by atoms with Crippen LogP contribution in [0.4, 0.5) is 0 Å². The maximum absolute atomic E-state index is 12.4. The van der Waals surface area contributed by atoms with Gasteiger partial charge in [-0.3, -0.25) is 18.6 Å². The molecule has 10 nitrogen and oxygen atoms in total. The molecule has 0 saturated carbocycles. The molecule has 2 atom stereocenters. The molecule has 2 unspecified atom stereocenters. The van der Waals surface area contributed by atoms with E-state index < -0.39 is 58.4 Å². The molecular formula is C44H79O10P.